The Morgan fingerprint density at radius 2 is 1.71 bits per heavy atom. The molecule has 4 nitrogen and oxygen atoms in total. The molecule has 1 N–H and O–H groups in total. The Labute approximate surface area is 127 Å². The molecule has 1 unspecified atom stereocenters. The maximum Gasteiger partial charge on any atom is 0.326 e. The molecule has 0 aromatic carbocycles. The molecule has 1 atom stereocenters. The first kappa shape index (κ1) is 16.3. The van der Waals surface area contributed by atoms with Crippen LogP contribution in [-0.4, -0.2) is 34.5 Å². The van der Waals surface area contributed by atoms with Crippen LogP contribution in [0.1, 0.15) is 71.6 Å². The van der Waals surface area contributed by atoms with Crippen LogP contribution in [0.5, 0.6) is 0 Å². The highest BCUT2D eigenvalue weighted by Crippen LogP contribution is 2.36. The molecular weight excluding hydrogens is 266 g/mol. The first-order valence-corrected chi connectivity index (χ1v) is 8.44. The minimum atomic E-state index is -0.853. The summed E-state index contributed by atoms with van der Waals surface area (Å²) in [5.41, 5.74) is -0.330. The number of rotatable bonds is 3. The lowest BCUT2D eigenvalue weighted by Gasteiger charge is -2.44. The van der Waals surface area contributed by atoms with Gasteiger partial charge < -0.3 is 10.0 Å². The third-order valence-electron chi connectivity index (χ3n) is 5.26. The molecule has 2 rings (SSSR count). The van der Waals surface area contributed by atoms with E-state index in [0.717, 1.165) is 25.7 Å². The van der Waals surface area contributed by atoms with E-state index in [1.165, 1.54) is 25.7 Å². The highest BCUT2D eigenvalue weighted by atomic mass is 16.4. The number of hydrogen-bond acceptors (Lipinski definition) is 2. The number of likely N-dealkylation sites (tertiary alicyclic amines) is 1. The quantitative estimate of drug-likeness (QED) is 0.811. The van der Waals surface area contributed by atoms with Gasteiger partial charge in [0.05, 0.1) is 0 Å². The third kappa shape index (κ3) is 3.98. The molecule has 4 heteroatoms. The molecule has 0 aromatic heterocycles. The number of carboxylic acid groups (broad SMARTS) is 1. The predicted molar refractivity (Wildman–Crippen MR) is 82.0 cm³/mol. The van der Waals surface area contributed by atoms with Crippen LogP contribution in [0.3, 0.4) is 0 Å². The van der Waals surface area contributed by atoms with Crippen LogP contribution in [0.4, 0.5) is 0 Å². The van der Waals surface area contributed by atoms with Crippen molar-refractivity contribution in [3.8, 4) is 0 Å². The normalized spacial score (nSPS) is 27.1. The average Bonchev–Trinajstić information content (AvgIpc) is 2.65. The van der Waals surface area contributed by atoms with Gasteiger partial charge in [-0.2, -0.15) is 0 Å². The molecule has 0 spiro atoms. The van der Waals surface area contributed by atoms with Crippen molar-refractivity contribution in [2.45, 2.75) is 77.7 Å². The van der Waals surface area contributed by atoms with Crippen LogP contribution < -0.4 is 0 Å². The largest absolute Gasteiger partial charge is 0.480 e. The molecule has 1 amide bonds. The Bertz CT molecular complexity index is 383. The number of hydrogen-bond donors (Lipinski definition) is 1. The van der Waals surface area contributed by atoms with Crippen molar-refractivity contribution in [1.82, 2.24) is 4.90 Å². The third-order valence-corrected chi connectivity index (χ3v) is 5.26. The monoisotopic (exact) mass is 295 g/mol. The topological polar surface area (TPSA) is 57.6 Å². The van der Waals surface area contributed by atoms with Crippen molar-refractivity contribution in [3.05, 3.63) is 0 Å². The number of carbonyl (C=O) groups is 2. The minimum Gasteiger partial charge on any atom is -0.480 e. The summed E-state index contributed by atoms with van der Waals surface area (Å²) in [5, 5.41) is 9.55. The van der Waals surface area contributed by atoms with E-state index >= 15 is 0 Å². The van der Waals surface area contributed by atoms with Crippen molar-refractivity contribution in [2.24, 2.45) is 11.3 Å². The summed E-state index contributed by atoms with van der Waals surface area (Å²) in [6.07, 6.45) is 9.56. The zero-order valence-corrected chi connectivity index (χ0v) is 13.4. The van der Waals surface area contributed by atoms with E-state index in [-0.39, 0.29) is 11.3 Å². The fourth-order valence-corrected chi connectivity index (χ4v) is 4.06. The van der Waals surface area contributed by atoms with Gasteiger partial charge in [0.25, 0.3) is 0 Å². The SMILES string of the molecule is CC1(C)CCCN(C(=O)CC2CCCCCC2)C1C(=O)O. The second kappa shape index (κ2) is 6.80. The maximum absolute atomic E-state index is 12.6. The summed E-state index contributed by atoms with van der Waals surface area (Å²) in [6, 6.07) is -0.662. The molecule has 0 aromatic rings. The molecule has 1 heterocycles. The zero-order chi connectivity index (χ0) is 15.5. The summed E-state index contributed by atoms with van der Waals surface area (Å²) >= 11 is 0. The minimum absolute atomic E-state index is 0.0575. The van der Waals surface area contributed by atoms with Crippen LogP contribution in [0, 0.1) is 11.3 Å². The fourth-order valence-electron chi connectivity index (χ4n) is 4.06. The molecule has 21 heavy (non-hydrogen) atoms. The van der Waals surface area contributed by atoms with Crippen molar-refractivity contribution < 1.29 is 14.7 Å². The Balaban J connectivity index is 2.03. The molecule has 1 aliphatic carbocycles. The van der Waals surface area contributed by atoms with Crippen LogP contribution in [-0.2, 0) is 9.59 Å². The van der Waals surface area contributed by atoms with Gasteiger partial charge in [0, 0.05) is 13.0 Å². The van der Waals surface area contributed by atoms with Gasteiger partial charge in [0.2, 0.25) is 5.91 Å². The van der Waals surface area contributed by atoms with Gasteiger partial charge >= 0.3 is 5.97 Å². The number of amides is 1. The molecule has 0 bridgehead atoms. The number of carboxylic acids is 1. The van der Waals surface area contributed by atoms with Gasteiger partial charge in [-0.3, -0.25) is 4.79 Å². The van der Waals surface area contributed by atoms with Crippen molar-refractivity contribution in [3.63, 3.8) is 0 Å². The van der Waals surface area contributed by atoms with E-state index in [9.17, 15) is 14.7 Å². The summed E-state index contributed by atoms with van der Waals surface area (Å²) in [6.45, 7) is 4.54. The summed E-state index contributed by atoms with van der Waals surface area (Å²) in [7, 11) is 0. The molecule has 1 aliphatic heterocycles. The summed E-state index contributed by atoms with van der Waals surface area (Å²) in [4.78, 5) is 25.9. The van der Waals surface area contributed by atoms with Gasteiger partial charge in [0.15, 0.2) is 0 Å². The van der Waals surface area contributed by atoms with E-state index in [2.05, 4.69) is 0 Å². The zero-order valence-electron chi connectivity index (χ0n) is 13.4. The second-order valence-corrected chi connectivity index (χ2v) is 7.48. The number of nitrogens with zero attached hydrogens (tertiary/aromatic N) is 1. The lowest BCUT2D eigenvalue weighted by atomic mass is 9.76. The van der Waals surface area contributed by atoms with Gasteiger partial charge in [-0.25, -0.2) is 4.79 Å². The standard InChI is InChI=1S/C17H29NO3/c1-17(2)10-7-11-18(15(17)16(20)21)14(19)12-13-8-5-3-4-6-9-13/h13,15H,3-12H2,1-2H3,(H,20,21). The Morgan fingerprint density at radius 3 is 2.29 bits per heavy atom. The lowest BCUT2D eigenvalue weighted by molar-refractivity contribution is -0.159. The molecular formula is C17H29NO3. The first-order chi connectivity index (χ1) is 9.92. The number of aliphatic carboxylic acids is 1. The molecule has 1 saturated carbocycles. The smallest absolute Gasteiger partial charge is 0.326 e. The number of piperidine rings is 1. The Kier molecular flexibility index (Phi) is 5.28. The van der Waals surface area contributed by atoms with Crippen LogP contribution >= 0.6 is 0 Å². The van der Waals surface area contributed by atoms with E-state index in [0.29, 0.717) is 18.9 Å². The molecule has 120 valence electrons. The highest BCUT2D eigenvalue weighted by molar-refractivity contribution is 5.84. The molecule has 2 aliphatic rings. The van der Waals surface area contributed by atoms with E-state index in [4.69, 9.17) is 0 Å². The maximum atomic E-state index is 12.6. The molecule has 2 fully saturated rings. The Morgan fingerprint density at radius 1 is 1.10 bits per heavy atom. The van der Waals surface area contributed by atoms with Gasteiger partial charge in [0.1, 0.15) is 6.04 Å². The van der Waals surface area contributed by atoms with Crippen LogP contribution in [0.15, 0.2) is 0 Å². The summed E-state index contributed by atoms with van der Waals surface area (Å²) < 4.78 is 0. The van der Waals surface area contributed by atoms with Gasteiger partial charge in [-0.1, -0.05) is 39.5 Å². The second-order valence-electron chi connectivity index (χ2n) is 7.48. The predicted octanol–water partition coefficient (Wildman–Crippen LogP) is 3.45. The molecule has 0 radical (unpaired) electrons. The van der Waals surface area contributed by atoms with Crippen LogP contribution in [0.25, 0.3) is 0 Å². The van der Waals surface area contributed by atoms with Gasteiger partial charge in [-0.05, 0) is 37.0 Å². The van der Waals surface area contributed by atoms with Crippen molar-refractivity contribution in [1.29, 1.82) is 0 Å². The Hall–Kier alpha value is -1.06. The lowest BCUT2D eigenvalue weighted by Crippen LogP contribution is -2.56. The van der Waals surface area contributed by atoms with Crippen LogP contribution in [0.2, 0.25) is 0 Å². The highest BCUT2D eigenvalue weighted by Gasteiger charge is 2.44. The summed E-state index contributed by atoms with van der Waals surface area (Å²) in [5.74, 6) is -0.338. The van der Waals surface area contributed by atoms with E-state index < -0.39 is 12.0 Å². The fraction of sp³-hybridized carbons (Fsp3) is 0.882. The van der Waals surface area contributed by atoms with Gasteiger partial charge in [-0.15, -0.1) is 0 Å². The first-order valence-electron chi connectivity index (χ1n) is 8.44. The molecule has 1 saturated heterocycles. The number of carbonyl (C=O) groups excluding carboxylic acids is 1. The van der Waals surface area contributed by atoms with E-state index in [1.54, 1.807) is 4.90 Å². The average molecular weight is 295 g/mol. The van der Waals surface area contributed by atoms with E-state index in [1.807, 2.05) is 13.8 Å². The van der Waals surface area contributed by atoms with Crippen molar-refractivity contribution >= 4 is 11.9 Å². The van der Waals surface area contributed by atoms with Crippen molar-refractivity contribution in [2.75, 3.05) is 6.54 Å².